The molecule has 2 saturated heterocycles. The van der Waals surface area contributed by atoms with Gasteiger partial charge in [0.1, 0.15) is 0 Å². The maximum absolute atomic E-state index is 12.1. The number of piperidine rings is 1. The van der Waals surface area contributed by atoms with Crippen LogP contribution in [0.3, 0.4) is 0 Å². The second kappa shape index (κ2) is 5.90. The molecule has 0 bridgehead atoms. The molecule has 0 aromatic heterocycles. The third-order valence-corrected chi connectivity index (χ3v) is 4.51. The summed E-state index contributed by atoms with van der Waals surface area (Å²) < 4.78 is 0. The van der Waals surface area contributed by atoms with Crippen LogP contribution in [0.2, 0.25) is 0 Å². The number of carbonyl (C=O) groups is 2. The molecule has 1 spiro atoms. The van der Waals surface area contributed by atoms with Gasteiger partial charge in [0.05, 0.1) is 6.54 Å². The summed E-state index contributed by atoms with van der Waals surface area (Å²) in [7, 11) is 0. The SMILES string of the molecule is CCN(CC)C(=O)CN1CC2(CCNCC2)CC1=O. The number of hydrogen-bond donors (Lipinski definition) is 1. The maximum atomic E-state index is 12.1. The van der Waals surface area contributed by atoms with E-state index in [-0.39, 0.29) is 23.8 Å². The average molecular weight is 267 g/mol. The van der Waals surface area contributed by atoms with Crippen molar-refractivity contribution < 1.29 is 9.59 Å². The first kappa shape index (κ1) is 14.3. The summed E-state index contributed by atoms with van der Waals surface area (Å²) >= 11 is 0. The van der Waals surface area contributed by atoms with Crippen LogP contribution >= 0.6 is 0 Å². The van der Waals surface area contributed by atoms with Gasteiger partial charge < -0.3 is 15.1 Å². The van der Waals surface area contributed by atoms with Crippen molar-refractivity contribution in [3.8, 4) is 0 Å². The van der Waals surface area contributed by atoms with Crippen LogP contribution in [0.1, 0.15) is 33.1 Å². The lowest BCUT2D eigenvalue weighted by Crippen LogP contribution is -2.43. The van der Waals surface area contributed by atoms with Gasteiger partial charge in [0, 0.05) is 26.1 Å². The standard InChI is InChI=1S/C14H25N3O2/c1-3-16(4-2)13(19)10-17-11-14(9-12(17)18)5-7-15-8-6-14/h15H,3-11H2,1-2H3. The molecular formula is C14H25N3O2. The van der Waals surface area contributed by atoms with Crippen molar-refractivity contribution in [2.45, 2.75) is 33.1 Å². The monoisotopic (exact) mass is 267 g/mol. The highest BCUT2D eigenvalue weighted by molar-refractivity contribution is 5.86. The summed E-state index contributed by atoms with van der Waals surface area (Å²) in [6.45, 7) is 8.38. The molecule has 0 unspecified atom stereocenters. The summed E-state index contributed by atoms with van der Waals surface area (Å²) in [4.78, 5) is 27.8. The molecule has 2 rings (SSSR count). The zero-order valence-corrected chi connectivity index (χ0v) is 12.1. The Morgan fingerprint density at radius 3 is 2.53 bits per heavy atom. The van der Waals surface area contributed by atoms with Crippen LogP contribution in [-0.4, -0.2) is 60.9 Å². The zero-order chi connectivity index (χ0) is 13.9. The Kier molecular flexibility index (Phi) is 4.45. The minimum atomic E-state index is 0.0735. The van der Waals surface area contributed by atoms with Crippen LogP contribution in [0.4, 0.5) is 0 Å². The second-order valence-electron chi connectivity index (χ2n) is 5.74. The van der Waals surface area contributed by atoms with Crippen molar-refractivity contribution in [3.63, 3.8) is 0 Å². The molecule has 2 aliphatic rings. The minimum absolute atomic E-state index is 0.0735. The first-order valence-electron chi connectivity index (χ1n) is 7.36. The average Bonchev–Trinajstić information content (AvgIpc) is 2.68. The van der Waals surface area contributed by atoms with Crippen LogP contribution in [0.25, 0.3) is 0 Å². The van der Waals surface area contributed by atoms with E-state index in [1.165, 1.54) is 0 Å². The highest BCUT2D eigenvalue weighted by Gasteiger charge is 2.44. The lowest BCUT2D eigenvalue weighted by molar-refractivity contribution is -0.138. The summed E-state index contributed by atoms with van der Waals surface area (Å²) in [6, 6.07) is 0. The van der Waals surface area contributed by atoms with Crippen molar-refractivity contribution in [1.29, 1.82) is 0 Å². The molecule has 19 heavy (non-hydrogen) atoms. The predicted octanol–water partition coefficient (Wildman–Crippen LogP) is 0.457. The van der Waals surface area contributed by atoms with Crippen molar-refractivity contribution in [3.05, 3.63) is 0 Å². The number of hydrogen-bond acceptors (Lipinski definition) is 3. The van der Waals surface area contributed by atoms with Gasteiger partial charge in [0.15, 0.2) is 0 Å². The van der Waals surface area contributed by atoms with Crippen molar-refractivity contribution in [1.82, 2.24) is 15.1 Å². The van der Waals surface area contributed by atoms with Gasteiger partial charge in [-0.15, -0.1) is 0 Å². The summed E-state index contributed by atoms with van der Waals surface area (Å²) in [5.41, 5.74) is 0.131. The van der Waals surface area contributed by atoms with Crippen LogP contribution < -0.4 is 5.32 Å². The van der Waals surface area contributed by atoms with Crippen LogP contribution in [-0.2, 0) is 9.59 Å². The van der Waals surface area contributed by atoms with E-state index in [0.29, 0.717) is 19.5 Å². The molecule has 2 amide bonds. The van der Waals surface area contributed by atoms with Gasteiger partial charge in [-0.1, -0.05) is 0 Å². The van der Waals surface area contributed by atoms with Crippen LogP contribution in [0.15, 0.2) is 0 Å². The number of rotatable bonds is 4. The summed E-state index contributed by atoms with van der Waals surface area (Å²) in [5, 5.41) is 3.34. The molecule has 0 aliphatic carbocycles. The van der Waals surface area contributed by atoms with E-state index < -0.39 is 0 Å². The number of nitrogens with zero attached hydrogens (tertiary/aromatic N) is 2. The third-order valence-electron chi connectivity index (χ3n) is 4.51. The Morgan fingerprint density at radius 1 is 1.32 bits per heavy atom. The van der Waals surface area contributed by atoms with E-state index in [0.717, 1.165) is 32.5 Å². The number of likely N-dealkylation sites (N-methyl/N-ethyl adjacent to an activating group) is 1. The van der Waals surface area contributed by atoms with Gasteiger partial charge in [-0.25, -0.2) is 0 Å². The van der Waals surface area contributed by atoms with Crippen LogP contribution in [0, 0.1) is 5.41 Å². The molecule has 0 saturated carbocycles. The quantitative estimate of drug-likeness (QED) is 0.805. The van der Waals surface area contributed by atoms with E-state index in [1.807, 2.05) is 13.8 Å². The molecule has 0 aromatic rings. The Hall–Kier alpha value is -1.10. The van der Waals surface area contributed by atoms with E-state index in [2.05, 4.69) is 5.32 Å². The van der Waals surface area contributed by atoms with Gasteiger partial charge >= 0.3 is 0 Å². The van der Waals surface area contributed by atoms with E-state index in [4.69, 9.17) is 0 Å². The van der Waals surface area contributed by atoms with E-state index >= 15 is 0 Å². The summed E-state index contributed by atoms with van der Waals surface area (Å²) in [5.74, 6) is 0.228. The van der Waals surface area contributed by atoms with Gasteiger partial charge in [0.25, 0.3) is 0 Å². The number of likely N-dealkylation sites (tertiary alicyclic amines) is 1. The number of amides is 2. The molecule has 5 nitrogen and oxygen atoms in total. The van der Waals surface area contributed by atoms with E-state index in [9.17, 15) is 9.59 Å². The fourth-order valence-corrected chi connectivity index (χ4v) is 3.26. The molecule has 0 atom stereocenters. The van der Waals surface area contributed by atoms with E-state index in [1.54, 1.807) is 9.80 Å². The van der Waals surface area contributed by atoms with Crippen LogP contribution in [0.5, 0.6) is 0 Å². The molecule has 2 fully saturated rings. The maximum Gasteiger partial charge on any atom is 0.242 e. The lowest BCUT2D eigenvalue weighted by atomic mass is 9.78. The lowest BCUT2D eigenvalue weighted by Gasteiger charge is -2.33. The van der Waals surface area contributed by atoms with Gasteiger partial charge in [0.2, 0.25) is 11.8 Å². The molecule has 0 aromatic carbocycles. The smallest absolute Gasteiger partial charge is 0.242 e. The molecule has 1 N–H and O–H groups in total. The molecule has 2 heterocycles. The normalized spacial score (nSPS) is 22.0. The Bertz CT molecular complexity index is 347. The zero-order valence-electron chi connectivity index (χ0n) is 12.1. The highest BCUT2D eigenvalue weighted by Crippen LogP contribution is 2.39. The first-order valence-corrected chi connectivity index (χ1v) is 7.36. The van der Waals surface area contributed by atoms with Gasteiger partial charge in [-0.3, -0.25) is 9.59 Å². The Morgan fingerprint density at radius 2 is 1.95 bits per heavy atom. The van der Waals surface area contributed by atoms with Crippen molar-refractivity contribution >= 4 is 11.8 Å². The molecular weight excluding hydrogens is 242 g/mol. The summed E-state index contributed by atoms with van der Waals surface area (Å²) in [6.07, 6.45) is 2.73. The number of nitrogens with one attached hydrogen (secondary N) is 1. The van der Waals surface area contributed by atoms with Gasteiger partial charge in [-0.2, -0.15) is 0 Å². The molecule has 2 aliphatic heterocycles. The fourth-order valence-electron chi connectivity index (χ4n) is 3.26. The van der Waals surface area contributed by atoms with Crippen molar-refractivity contribution in [2.24, 2.45) is 5.41 Å². The second-order valence-corrected chi connectivity index (χ2v) is 5.74. The molecule has 0 radical (unpaired) electrons. The Labute approximate surface area is 115 Å². The Balaban J connectivity index is 1.94. The van der Waals surface area contributed by atoms with Gasteiger partial charge in [-0.05, 0) is 45.2 Å². The van der Waals surface area contributed by atoms with Crippen molar-refractivity contribution in [2.75, 3.05) is 39.3 Å². The number of carbonyl (C=O) groups excluding carboxylic acids is 2. The third kappa shape index (κ3) is 3.08. The first-order chi connectivity index (χ1) is 9.10. The fraction of sp³-hybridized carbons (Fsp3) is 0.857. The largest absolute Gasteiger partial charge is 0.342 e. The molecule has 5 heteroatoms. The minimum Gasteiger partial charge on any atom is -0.342 e. The highest BCUT2D eigenvalue weighted by atomic mass is 16.2. The topological polar surface area (TPSA) is 52.7 Å². The molecule has 108 valence electrons. The predicted molar refractivity (Wildman–Crippen MR) is 73.7 cm³/mol.